The smallest absolute Gasteiger partial charge is 0.224 e. The van der Waals surface area contributed by atoms with E-state index in [-0.39, 0.29) is 18.1 Å². The molecular weight excluding hydrogens is 338 g/mol. The number of aromatic nitrogens is 2. The molecule has 0 radical (unpaired) electrons. The van der Waals surface area contributed by atoms with E-state index < -0.39 is 0 Å². The number of aliphatic hydroxyl groups excluding tert-OH is 1. The summed E-state index contributed by atoms with van der Waals surface area (Å²) in [7, 11) is 0. The lowest BCUT2D eigenvalue weighted by molar-refractivity contribution is -0.122. The Kier molecular flexibility index (Phi) is 4.94. The highest BCUT2D eigenvalue weighted by Gasteiger charge is 2.34. The van der Waals surface area contributed by atoms with Gasteiger partial charge in [0.1, 0.15) is 5.82 Å². The molecule has 1 aliphatic rings. The maximum atomic E-state index is 12.7. The van der Waals surface area contributed by atoms with E-state index in [2.05, 4.69) is 27.4 Å². The van der Waals surface area contributed by atoms with Crippen molar-refractivity contribution in [2.45, 2.75) is 44.8 Å². The summed E-state index contributed by atoms with van der Waals surface area (Å²) < 4.78 is 0. The van der Waals surface area contributed by atoms with E-state index in [1.165, 1.54) is 5.56 Å². The zero-order valence-corrected chi connectivity index (χ0v) is 15.5. The third kappa shape index (κ3) is 4.19. The predicted octanol–water partition coefficient (Wildman–Crippen LogP) is 2.91. The van der Waals surface area contributed by atoms with Gasteiger partial charge in [-0.15, -0.1) is 0 Å². The summed E-state index contributed by atoms with van der Waals surface area (Å²) in [6, 6.07) is 16.2. The molecule has 27 heavy (non-hydrogen) atoms. The number of rotatable bonds is 6. The molecule has 1 atom stereocenters. The van der Waals surface area contributed by atoms with Crippen molar-refractivity contribution in [3.8, 4) is 0 Å². The summed E-state index contributed by atoms with van der Waals surface area (Å²) in [4.78, 5) is 20.3. The second kappa shape index (κ2) is 7.53. The topological polar surface area (TPSA) is 78.0 Å². The van der Waals surface area contributed by atoms with E-state index in [9.17, 15) is 9.90 Å². The standard InChI is InChI=1S/C22H25N3O2/c1-14-23-19-8-7-16(10-21(19)24-14)11-22(27)25-20(17-12-18(26)13-17)9-15-5-3-2-4-6-15/h2-8,10,17-18,20,26H,9,11-13H2,1H3,(H,23,24)(H,25,27)/t17?,18?,20-/m1/s1. The molecule has 0 saturated heterocycles. The Balaban J connectivity index is 1.43. The van der Waals surface area contributed by atoms with Crippen molar-refractivity contribution in [2.24, 2.45) is 5.92 Å². The molecule has 4 rings (SSSR count). The third-order valence-electron chi connectivity index (χ3n) is 5.39. The van der Waals surface area contributed by atoms with E-state index in [1.807, 2.05) is 43.3 Å². The van der Waals surface area contributed by atoms with Gasteiger partial charge in [-0.1, -0.05) is 36.4 Å². The number of aliphatic hydroxyl groups is 1. The van der Waals surface area contributed by atoms with Gasteiger partial charge in [-0.3, -0.25) is 4.79 Å². The summed E-state index contributed by atoms with van der Waals surface area (Å²) >= 11 is 0. The van der Waals surface area contributed by atoms with Crippen LogP contribution in [0.4, 0.5) is 0 Å². The maximum absolute atomic E-state index is 12.7. The molecule has 2 aromatic carbocycles. The summed E-state index contributed by atoms with van der Waals surface area (Å²) in [6.07, 6.45) is 2.43. The minimum atomic E-state index is -0.226. The van der Waals surface area contributed by atoms with Gasteiger partial charge < -0.3 is 15.4 Å². The van der Waals surface area contributed by atoms with Gasteiger partial charge in [-0.05, 0) is 55.4 Å². The van der Waals surface area contributed by atoms with E-state index in [0.717, 1.165) is 41.7 Å². The van der Waals surface area contributed by atoms with Crippen molar-refractivity contribution in [1.29, 1.82) is 0 Å². The van der Waals surface area contributed by atoms with E-state index >= 15 is 0 Å². The molecule has 0 spiro atoms. The van der Waals surface area contributed by atoms with Gasteiger partial charge in [-0.25, -0.2) is 4.98 Å². The summed E-state index contributed by atoms with van der Waals surface area (Å²) in [5.74, 6) is 1.23. The van der Waals surface area contributed by atoms with E-state index in [1.54, 1.807) is 0 Å². The number of nitrogens with zero attached hydrogens (tertiary/aromatic N) is 1. The minimum absolute atomic E-state index is 0.0212. The highest BCUT2D eigenvalue weighted by Crippen LogP contribution is 2.31. The van der Waals surface area contributed by atoms with Gasteiger partial charge in [0.25, 0.3) is 0 Å². The Morgan fingerprint density at radius 3 is 2.74 bits per heavy atom. The molecule has 1 aliphatic carbocycles. The number of nitrogens with one attached hydrogen (secondary N) is 2. The Morgan fingerprint density at radius 1 is 1.22 bits per heavy atom. The van der Waals surface area contributed by atoms with Crippen molar-refractivity contribution >= 4 is 16.9 Å². The van der Waals surface area contributed by atoms with Crippen LogP contribution in [0.1, 0.15) is 29.8 Å². The fourth-order valence-corrected chi connectivity index (χ4v) is 3.90. The van der Waals surface area contributed by atoms with Gasteiger partial charge in [0, 0.05) is 6.04 Å². The van der Waals surface area contributed by atoms with Crippen LogP contribution in [0.15, 0.2) is 48.5 Å². The molecule has 0 aliphatic heterocycles. The van der Waals surface area contributed by atoms with Gasteiger partial charge in [0.2, 0.25) is 5.91 Å². The van der Waals surface area contributed by atoms with Gasteiger partial charge in [0.15, 0.2) is 0 Å². The van der Waals surface area contributed by atoms with Crippen molar-refractivity contribution in [1.82, 2.24) is 15.3 Å². The highest BCUT2D eigenvalue weighted by atomic mass is 16.3. The molecule has 1 fully saturated rings. The quantitative estimate of drug-likeness (QED) is 0.630. The number of carbonyl (C=O) groups is 1. The van der Waals surface area contributed by atoms with Crippen LogP contribution in [0.2, 0.25) is 0 Å². The average Bonchev–Trinajstić information content (AvgIpc) is 2.98. The number of H-pyrrole nitrogens is 1. The molecule has 0 bridgehead atoms. The first kappa shape index (κ1) is 17.7. The van der Waals surface area contributed by atoms with Crippen LogP contribution in [0.3, 0.4) is 0 Å². The van der Waals surface area contributed by atoms with Crippen LogP contribution in [0.25, 0.3) is 11.0 Å². The lowest BCUT2D eigenvalue weighted by Gasteiger charge is -2.38. The number of aromatic amines is 1. The van der Waals surface area contributed by atoms with Crippen molar-refractivity contribution in [3.05, 3.63) is 65.5 Å². The molecule has 3 aromatic rings. The zero-order valence-electron chi connectivity index (χ0n) is 15.5. The lowest BCUT2D eigenvalue weighted by atomic mass is 9.75. The fourth-order valence-electron chi connectivity index (χ4n) is 3.90. The van der Waals surface area contributed by atoms with Gasteiger partial charge in [-0.2, -0.15) is 0 Å². The number of amides is 1. The average molecular weight is 363 g/mol. The zero-order chi connectivity index (χ0) is 18.8. The molecule has 1 saturated carbocycles. The maximum Gasteiger partial charge on any atom is 0.224 e. The Morgan fingerprint density at radius 2 is 2.00 bits per heavy atom. The van der Waals surface area contributed by atoms with Gasteiger partial charge >= 0.3 is 0 Å². The molecule has 1 aromatic heterocycles. The Bertz CT molecular complexity index is 929. The number of hydrogen-bond acceptors (Lipinski definition) is 3. The second-order valence-electron chi connectivity index (χ2n) is 7.60. The van der Waals surface area contributed by atoms with Crippen LogP contribution < -0.4 is 5.32 Å². The fraction of sp³-hybridized carbons (Fsp3) is 0.364. The molecule has 3 N–H and O–H groups in total. The van der Waals surface area contributed by atoms with Crippen molar-refractivity contribution < 1.29 is 9.90 Å². The number of hydrogen-bond donors (Lipinski definition) is 3. The first-order chi connectivity index (χ1) is 13.1. The van der Waals surface area contributed by atoms with Crippen LogP contribution in [0.5, 0.6) is 0 Å². The van der Waals surface area contributed by atoms with Gasteiger partial charge in [0.05, 0.1) is 23.6 Å². The summed E-state index contributed by atoms with van der Waals surface area (Å²) in [6.45, 7) is 1.92. The van der Waals surface area contributed by atoms with E-state index in [4.69, 9.17) is 0 Å². The van der Waals surface area contributed by atoms with Crippen LogP contribution in [-0.2, 0) is 17.6 Å². The molecule has 5 nitrogen and oxygen atoms in total. The molecule has 0 unspecified atom stereocenters. The Labute approximate surface area is 158 Å². The number of aryl methyl sites for hydroxylation is 1. The predicted molar refractivity (Wildman–Crippen MR) is 105 cm³/mol. The number of imidazole rings is 1. The van der Waals surface area contributed by atoms with Crippen molar-refractivity contribution in [2.75, 3.05) is 0 Å². The largest absolute Gasteiger partial charge is 0.393 e. The lowest BCUT2D eigenvalue weighted by Crippen LogP contribution is -2.48. The Hall–Kier alpha value is -2.66. The van der Waals surface area contributed by atoms with E-state index in [0.29, 0.717) is 12.3 Å². The first-order valence-corrected chi connectivity index (χ1v) is 9.53. The second-order valence-corrected chi connectivity index (χ2v) is 7.60. The summed E-state index contributed by atoms with van der Waals surface area (Å²) in [5, 5.41) is 12.9. The highest BCUT2D eigenvalue weighted by molar-refractivity contribution is 5.82. The minimum Gasteiger partial charge on any atom is -0.393 e. The molecule has 1 amide bonds. The monoisotopic (exact) mass is 363 g/mol. The van der Waals surface area contributed by atoms with Crippen LogP contribution in [0, 0.1) is 12.8 Å². The third-order valence-corrected chi connectivity index (χ3v) is 5.39. The summed E-state index contributed by atoms with van der Waals surface area (Å²) in [5.41, 5.74) is 4.05. The molecular formula is C22H25N3O2. The van der Waals surface area contributed by atoms with Crippen LogP contribution in [-0.4, -0.2) is 33.1 Å². The number of benzene rings is 2. The number of carbonyl (C=O) groups excluding carboxylic acids is 1. The van der Waals surface area contributed by atoms with Crippen molar-refractivity contribution in [3.63, 3.8) is 0 Å². The normalized spacial score (nSPS) is 20.2. The SMILES string of the molecule is Cc1nc2ccc(CC(=O)N[C@H](Cc3ccccc3)C3CC(O)C3)cc2[nH]1. The first-order valence-electron chi connectivity index (χ1n) is 9.53. The molecule has 140 valence electrons. The van der Waals surface area contributed by atoms with Crippen LogP contribution >= 0.6 is 0 Å². The number of fused-ring (bicyclic) bond motifs is 1. The molecule has 5 heteroatoms. The molecule has 1 heterocycles.